The van der Waals surface area contributed by atoms with Crippen LogP contribution in [0.1, 0.15) is 26.1 Å². The quantitative estimate of drug-likeness (QED) is 0.832. The summed E-state index contributed by atoms with van der Waals surface area (Å²) in [7, 11) is 0. The molecule has 1 aromatic heterocycles. The minimum absolute atomic E-state index is 0. The molecular weight excluding hydrogens is 228 g/mol. The monoisotopic (exact) mass is 244 g/mol. The molecule has 0 fully saturated rings. The number of rotatable bonds is 4. The van der Waals surface area contributed by atoms with E-state index in [-0.39, 0.29) is 24.4 Å². The van der Waals surface area contributed by atoms with Gasteiger partial charge in [-0.2, -0.15) is 0 Å². The van der Waals surface area contributed by atoms with Gasteiger partial charge in [0.1, 0.15) is 5.82 Å². The molecule has 0 aliphatic rings. The highest BCUT2D eigenvalue weighted by Crippen LogP contribution is 2.04. The van der Waals surface area contributed by atoms with Gasteiger partial charge in [0.05, 0.1) is 18.1 Å². The molecule has 0 bridgehead atoms. The Bertz CT molecular complexity index is 326. The molecule has 1 amide bonds. The lowest BCUT2D eigenvalue weighted by atomic mass is 10.2. The van der Waals surface area contributed by atoms with E-state index in [0.29, 0.717) is 12.1 Å². The molecule has 1 heterocycles. The van der Waals surface area contributed by atoms with Gasteiger partial charge in [-0.05, 0) is 6.92 Å². The first-order valence-corrected chi connectivity index (χ1v) is 4.98. The topological polar surface area (TPSA) is 80.9 Å². The second kappa shape index (κ2) is 7.14. The lowest BCUT2D eigenvalue weighted by Gasteiger charge is -2.06. The number of nitrogens with one attached hydrogen (secondary N) is 1. The van der Waals surface area contributed by atoms with E-state index in [1.54, 1.807) is 19.3 Å². The van der Waals surface area contributed by atoms with Crippen molar-refractivity contribution in [3.8, 4) is 0 Å². The number of hydrogen-bond donors (Lipinski definition) is 2. The van der Waals surface area contributed by atoms with E-state index in [2.05, 4.69) is 15.3 Å². The number of nitrogens with zero attached hydrogens (tertiary/aromatic N) is 2. The number of hydrogen-bond acceptors (Lipinski definition) is 4. The zero-order valence-electron chi connectivity index (χ0n) is 9.43. The van der Waals surface area contributed by atoms with E-state index in [0.717, 1.165) is 12.2 Å². The van der Waals surface area contributed by atoms with Crippen molar-refractivity contribution < 1.29 is 4.79 Å². The molecule has 0 radical (unpaired) electrons. The molecule has 0 saturated heterocycles. The first-order chi connectivity index (χ1) is 7.11. The smallest absolute Gasteiger partial charge is 0.226 e. The summed E-state index contributed by atoms with van der Waals surface area (Å²) in [6.45, 7) is 3.76. The Morgan fingerprint density at radius 2 is 2.06 bits per heavy atom. The number of amides is 1. The number of nitrogens with two attached hydrogens (primary N) is 1. The van der Waals surface area contributed by atoms with E-state index < -0.39 is 0 Å². The molecule has 1 aromatic rings. The van der Waals surface area contributed by atoms with Crippen LogP contribution in [0.4, 0.5) is 5.69 Å². The molecular formula is C10H17ClN4O. The van der Waals surface area contributed by atoms with Crippen molar-refractivity contribution in [2.24, 2.45) is 5.73 Å². The van der Waals surface area contributed by atoms with Crippen LogP contribution in [0, 0.1) is 0 Å². The van der Waals surface area contributed by atoms with Crippen molar-refractivity contribution >= 4 is 24.0 Å². The van der Waals surface area contributed by atoms with Crippen molar-refractivity contribution in [2.45, 2.75) is 32.7 Å². The Labute approximate surface area is 101 Å². The normalized spacial score (nSPS) is 11.4. The highest BCUT2D eigenvalue weighted by Gasteiger charge is 2.05. The maximum Gasteiger partial charge on any atom is 0.226 e. The van der Waals surface area contributed by atoms with Gasteiger partial charge in [0, 0.05) is 18.9 Å². The third-order valence-electron chi connectivity index (χ3n) is 1.81. The van der Waals surface area contributed by atoms with Gasteiger partial charge in [0.25, 0.3) is 0 Å². The van der Waals surface area contributed by atoms with E-state index in [1.165, 1.54) is 0 Å². The number of halogens is 1. The fraction of sp³-hybridized carbons (Fsp3) is 0.500. The Morgan fingerprint density at radius 3 is 2.50 bits per heavy atom. The van der Waals surface area contributed by atoms with Crippen LogP contribution in [-0.2, 0) is 11.2 Å². The van der Waals surface area contributed by atoms with Crippen LogP contribution in [0.15, 0.2) is 12.4 Å². The predicted molar refractivity (Wildman–Crippen MR) is 65.6 cm³/mol. The summed E-state index contributed by atoms with van der Waals surface area (Å²) in [5, 5.41) is 2.68. The van der Waals surface area contributed by atoms with E-state index in [4.69, 9.17) is 5.73 Å². The molecule has 1 unspecified atom stereocenters. The van der Waals surface area contributed by atoms with Crippen LogP contribution in [0.2, 0.25) is 0 Å². The van der Waals surface area contributed by atoms with Crippen molar-refractivity contribution in [3.05, 3.63) is 18.2 Å². The summed E-state index contributed by atoms with van der Waals surface area (Å²) in [5.74, 6) is 0.651. The molecule has 1 rings (SSSR count). The molecule has 0 aliphatic heterocycles. The first-order valence-electron chi connectivity index (χ1n) is 4.98. The lowest BCUT2D eigenvalue weighted by molar-refractivity contribution is -0.116. The Kier molecular flexibility index (Phi) is 6.60. The van der Waals surface area contributed by atoms with E-state index >= 15 is 0 Å². The van der Waals surface area contributed by atoms with Gasteiger partial charge in [0.2, 0.25) is 5.91 Å². The summed E-state index contributed by atoms with van der Waals surface area (Å²) in [6, 6.07) is -0.138. The number of aromatic nitrogens is 2. The minimum atomic E-state index is -0.138. The number of aryl methyl sites for hydroxylation is 1. The fourth-order valence-electron chi connectivity index (χ4n) is 1.11. The van der Waals surface area contributed by atoms with Crippen LogP contribution >= 0.6 is 12.4 Å². The summed E-state index contributed by atoms with van der Waals surface area (Å²) in [5.41, 5.74) is 6.11. The highest BCUT2D eigenvalue weighted by atomic mass is 35.5. The maximum atomic E-state index is 11.3. The Hall–Kier alpha value is -1.20. The van der Waals surface area contributed by atoms with Crippen LogP contribution in [0.5, 0.6) is 0 Å². The van der Waals surface area contributed by atoms with Gasteiger partial charge in [-0.1, -0.05) is 6.92 Å². The van der Waals surface area contributed by atoms with Gasteiger partial charge in [-0.15, -0.1) is 12.4 Å². The Morgan fingerprint density at radius 1 is 1.50 bits per heavy atom. The van der Waals surface area contributed by atoms with Crippen LogP contribution in [0.3, 0.4) is 0 Å². The molecule has 0 aromatic carbocycles. The summed E-state index contributed by atoms with van der Waals surface area (Å²) in [4.78, 5) is 19.5. The van der Waals surface area contributed by atoms with E-state index in [9.17, 15) is 4.79 Å². The summed E-state index contributed by atoms with van der Waals surface area (Å²) < 4.78 is 0. The van der Waals surface area contributed by atoms with Crippen LogP contribution < -0.4 is 11.1 Å². The van der Waals surface area contributed by atoms with Crippen LogP contribution in [0.25, 0.3) is 0 Å². The average molecular weight is 245 g/mol. The maximum absolute atomic E-state index is 11.3. The van der Waals surface area contributed by atoms with Gasteiger partial charge in [0.15, 0.2) is 0 Å². The molecule has 3 N–H and O–H groups in total. The molecule has 0 saturated carbocycles. The zero-order chi connectivity index (χ0) is 11.3. The molecule has 6 heteroatoms. The minimum Gasteiger partial charge on any atom is -0.327 e. The largest absolute Gasteiger partial charge is 0.327 e. The van der Waals surface area contributed by atoms with E-state index in [1.807, 2.05) is 6.92 Å². The van der Waals surface area contributed by atoms with Crippen LogP contribution in [-0.4, -0.2) is 21.9 Å². The number of carbonyl (C=O) groups excluding carboxylic acids is 1. The third-order valence-corrected chi connectivity index (χ3v) is 1.81. The van der Waals surface area contributed by atoms with Gasteiger partial charge in [-0.3, -0.25) is 4.79 Å². The molecule has 16 heavy (non-hydrogen) atoms. The molecule has 5 nitrogen and oxygen atoms in total. The second-order valence-corrected chi connectivity index (χ2v) is 3.47. The highest BCUT2D eigenvalue weighted by molar-refractivity contribution is 5.90. The van der Waals surface area contributed by atoms with Crippen molar-refractivity contribution in [1.82, 2.24) is 9.97 Å². The Balaban J connectivity index is 0.00000225. The van der Waals surface area contributed by atoms with Gasteiger partial charge >= 0.3 is 0 Å². The number of anilines is 1. The molecule has 90 valence electrons. The lowest BCUT2D eigenvalue weighted by Crippen LogP contribution is -2.24. The molecule has 1 atom stereocenters. The zero-order valence-corrected chi connectivity index (χ0v) is 10.3. The summed E-state index contributed by atoms with van der Waals surface area (Å²) in [6.07, 6.45) is 4.29. The number of carbonyl (C=O) groups is 1. The van der Waals surface area contributed by atoms with Crippen molar-refractivity contribution in [1.29, 1.82) is 0 Å². The fourth-order valence-corrected chi connectivity index (χ4v) is 1.11. The van der Waals surface area contributed by atoms with Crippen molar-refractivity contribution in [2.75, 3.05) is 5.32 Å². The third kappa shape index (κ3) is 5.04. The van der Waals surface area contributed by atoms with Gasteiger partial charge < -0.3 is 11.1 Å². The van der Waals surface area contributed by atoms with Gasteiger partial charge in [-0.25, -0.2) is 9.97 Å². The predicted octanol–water partition coefficient (Wildman–Crippen LogP) is 1.14. The first kappa shape index (κ1) is 14.8. The van der Waals surface area contributed by atoms with Crippen molar-refractivity contribution in [3.63, 3.8) is 0 Å². The molecule has 0 aliphatic carbocycles. The average Bonchev–Trinajstić information content (AvgIpc) is 2.17. The summed E-state index contributed by atoms with van der Waals surface area (Å²) >= 11 is 0. The SMILES string of the molecule is CCc1ncc(NC(=O)CC(C)N)cn1.Cl. The molecule has 0 spiro atoms. The standard InChI is InChI=1S/C10H16N4O.ClH/c1-3-9-12-5-8(6-13-9)14-10(15)4-7(2)11;/h5-7H,3-4,11H2,1-2H3,(H,14,15);1H. The second-order valence-electron chi connectivity index (χ2n) is 3.47.